The van der Waals surface area contributed by atoms with E-state index in [2.05, 4.69) is 4.74 Å². The summed E-state index contributed by atoms with van der Waals surface area (Å²) in [6, 6.07) is 0. The van der Waals surface area contributed by atoms with Crippen LogP contribution >= 0.6 is 0 Å². The van der Waals surface area contributed by atoms with Crippen LogP contribution in [-0.2, 0) is 19.1 Å². The fourth-order valence-electron chi connectivity index (χ4n) is 0.534. The van der Waals surface area contributed by atoms with E-state index in [1.165, 1.54) is 0 Å². The molecule has 0 saturated carbocycles. The number of carboxylic acids is 1. The third kappa shape index (κ3) is 4.43. The molecule has 0 saturated heterocycles. The van der Waals surface area contributed by atoms with Gasteiger partial charge in [-0.2, -0.15) is 0 Å². The number of carbonyl (C=O) groups is 3. The van der Waals surface area contributed by atoms with E-state index >= 15 is 0 Å². The molecule has 0 radical (unpaired) electrons. The molecule has 5 heteroatoms. The van der Waals surface area contributed by atoms with Gasteiger partial charge in [0.05, 0.1) is 13.0 Å². The van der Waals surface area contributed by atoms with Gasteiger partial charge < -0.3 is 9.84 Å². The second-order valence-corrected chi connectivity index (χ2v) is 2.04. The summed E-state index contributed by atoms with van der Waals surface area (Å²) in [6.45, 7) is 1.69. The smallest absolute Gasteiger partial charge is 0.374 e. The van der Waals surface area contributed by atoms with E-state index in [4.69, 9.17) is 5.11 Å². The van der Waals surface area contributed by atoms with Crippen LogP contribution in [-0.4, -0.2) is 29.4 Å². The minimum atomic E-state index is -1.10. The highest BCUT2D eigenvalue weighted by Gasteiger charge is 2.15. The van der Waals surface area contributed by atoms with E-state index < -0.39 is 17.7 Å². The van der Waals surface area contributed by atoms with Gasteiger partial charge in [-0.05, 0) is 6.92 Å². The average Bonchev–Trinajstić information content (AvgIpc) is 2.00. The molecular formula is C7H10O5. The Morgan fingerprint density at radius 3 is 2.25 bits per heavy atom. The Labute approximate surface area is 69.3 Å². The molecule has 5 nitrogen and oxygen atoms in total. The van der Waals surface area contributed by atoms with Crippen LogP contribution < -0.4 is 0 Å². The topological polar surface area (TPSA) is 80.7 Å². The van der Waals surface area contributed by atoms with Crippen molar-refractivity contribution in [2.45, 2.75) is 19.8 Å². The number of aliphatic carboxylic acids is 1. The van der Waals surface area contributed by atoms with E-state index in [-0.39, 0.29) is 19.4 Å². The van der Waals surface area contributed by atoms with Crippen molar-refractivity contribution in [3.05, 3.63) is 0 Å². The lowest BCUT2D eigenvalue weighted by atomic mass is 10.2. The molecular weight excluding hydrogens is 164 g/mol. The van der Waals surface area contributed by atoms with E-state index in [9.17, 15) is 14.4 Å². The molecule has 0 aromatic rings. The molecule has 0 heterocycles. The Hall–Kier alpha value is -1.39. The third-order valence-electron chi connectivity index (χ3n) is 1.07. The maximum atomic E-state index is 10.7. The molecule has 0 unspecified atom stereocenters. The molecule has 0 fully saturated rings. The van der Waals surface area contributed by atoms with Crippen molar-refractivity contribution >= 4 is 17.7 Å². The first-order valence-electron chi connectivity index (χ1n) is 3.49. The number of ether oxygens (including phenoxy) is 1. The Morgan fingerprint density at radius 1 is 1.25 bits per heavy atom. The highest BCUT2D eigenvalue weighted by molar-refractivity contribution is 6.33. The predicted molar refractivity (Wildman–Crippen MR) is 38.5 cm³/mol. The Bertz CT molecular complexity index is 196. The van der Waals surface area contributed by atoms with Gasteiger partial charge in [-0.1, -0.05) is 0 Å². The van der Waals surface area contributed by atoms with Crippen LogP contribution in [0.1, 0.15) is 19.8 Å². The number of Topliss-reactive ketones (excluding diaryl/α,β-unsaturated/α-hetero) is 1. The number of ketones is 1. The summed E-state index contributed by atoms with van der Waals surface area (Å²) in [5.41, 5.74) is 0. The molecule has 68 valence electrons. The van der Waals surface area contributed by atoms with Crippen LogP contribution in [0.3, 0.4) is 0 Å². The summed E-state index contributed by atoms with van der Waals surface area (Å²) in [7, 11) is 0. The van der Waals surface area contributed by atoms with Gasteiger partial charge in [-0.3, -0.25) is 9.59 Å². The summed E-state index contributed by atoms with van der Waals surface area (Å²) in [4.78, 5) is 31.3. The monoisotopic (exact) mass is 174 g/mol. The van der Waals surface area contributed by atoms with Crippen molar-refractivity contribution < 1.29 is 24.2 Å². The molecule has 0 aromatic carbocycles. The van der Waals surface area contributed by atoms with Crippen LogP contribution in [0.5, 0.6) is 0 Å². The van der Waals surface area contributed by atoms with Crippen LogP contribution in [0.2, 0.25) is 0 Å². The molecule has 1 N–H and O–H groups in total. The zero-order chi connectivity index (χ0) is 9.56. The maximum absolute atomic E-state index is 10.7. The van der Waals surface area contributed by atoms with Gasteiger partial charge >= 0.3 is 11.9 Å². The number of rotatable bonds is 5. The van der Waals surface area contributed by atoms with Crippen LogP contribution in [0.4, 0.5) is 0 Å². The first kappa shape index (κ1) is 10.6. The average molecular weight is 174 g/mol. The quantitative estimate of drug-likeness (QED) is 0.468. The third-order valence-corrected chi connectivity index (χ3v) is 1.07. The molecule has 0 aliphatic rings. The van der Waals surface area contributed by atoms with E-state index in [1.54, 1.807) is 6.92 Å². The fourth-order valence-corrected chi connectivity index (χ4v) is 0.534. The first-order chi connectivity index (χ1) is 5.57. The fraction of sp³-hybridized carbons (Fsp3) is 0.571. The predicted octanol–water partition coefficient (Wildman–Crippen LogP) is -0.0166. The molecule has 0 atom stereocenters. The van der Waals surface area contributed by atoms with Crippen molar-refractivity contribution in [3.8, 4) is 0 Å². The Balaban J connectivity index is 3.72. The van der Waals surface area contributed by atoms with Crippen LogP contribution in [0, 0.1) is 0 Å². The van der Waals surface area contributed by atoms with Crippen molar-refractivity contribution in [1.82, 2.24) is 0 Å². The summed E-state index contributed by atoms with van der Waals surface area (Å²) >= 11 is 0. The Morgan fingerprint density at radius 2 is 1.83 bits per heavy atom. The molecule has 0 aliphatic heterocycles. The van der Waals surface area contributed by atoms with Gasteiger partial charge in [-0.25, -0.2) is 4.79 Å². The number of esters is 1. The van der Waals surface area contributed by atoms with E-state index in [0.29, 0.717) is 0 Å². The number of carboxylic acid groups (broad SMARTS) is 1. The molecule has 0 bridgehead atoms. The van der Waals surface area contributed by atoms with Gasteiger partial charge in [0, 0.05) is 6.42 Å². The largest absolute Gasteiger partial charge is 0.481 e. The second-order valence-electron chi connectivity index (χ2n) is 2.04. The lowest BCUT2D eigenvalue weighted by Gasteiger charge is -1.97. The number of carbonyl (C=O) groups excluding carboxylic acids is 2. The van der Waals surface area contributed by atoms with Crippen LogP contribution in [0.15, 0.2) is 0 Å². The molecule has 0 spiro atoms. The first-order valence-corrected chi connectivity index (χ1v) is 3.49. The summed E-state index contributed by atoms with van der Waals surface area (Å²) in [5, 5.41) is 8.17. The highest BCUT2D eigenvalue weighted by Crippen LogP contribution is 1.93. The molecule has 0 rings (SSSR count). The van der Waals surface area contributed by atoms with Gasteiger partial charge in [-0.15, -0.1) is 0 Å². The van der Waals surface area contributed by atoms with Gasteiger partial charge in [0.25, 0.3) is 0 Å². The lowest BCUT2D eigenvalue weighted by Crippen LogP contribution is -2.18. The molecule has 0 aliphatic carbocycles. The van der Waals surface area contributed by atoms with Crippen molar-refractivity contribution in [1.29, 1.82) is 0 Å². The summed E-state index contributed by atoms with van der Waals surface area (Å²) in [6.07, 6.45) is -0.633. The van der Waals surface area contributed by atoms with Gasteiger partial charge in [0.2, 0.25) is 5.78 Å². The minimum Gasteiger partial charge on any atom is -0.481 e. The second kappa shape index (κ2) is 5.29. The summed E-state index contributed by atoms with van der Waals surface area (Å²) in [5.74, 6) is -2.86. The SMILES string of the molecule is CCOC(=O)C(=O)CCC(=O)O. The van der Waals surface area contributed by atoms with Crippen molar-refractivity contribution in [2.24, 2.45) is 0 Å². The molecule has 0 aromatic heterocycles. The normalized spacial score (nSPS) is 9.08. The maximum Gasteiger partial charge on any atom is 0.374 e. The van der Waals surface area contributed by atoms with Crippen molar-refractivity contribution in [3.63, 3.8) is 0 Å². The number of hydrogen-bond acceptors (Lipinski definition) is 4. The van der Waals surface area contributed by atoms with Crippen LogP contribution in [0.25, 0.3) is 0 Å². The zero-order valence-corrected chi connectivity index (χ0v) is 6.70. The molecule has 0 amide bonds. The highest BCUT2D eigenvalue weighted by atomic mass is 16.5. The van der Waals surface area contributed by atoms with Crippen molar-refractivity contribution in [2.75, 3.05) is 6.61 Å². The zero-order valence-electron chi connectivity index (χ0n) is 6.70. The van der Waals surface area contributed by atoms with E-state index in [1.807, 2.05) is 0 Å². The lowest BCUT2D eigenvalue weighted by molar-refractivity contribution is -0.154. The molecule has 12 heavy (non-hydrogen) atoms. The summed E-state index contributed by atoms with van der Waals surface area (Å²) < 4.78 is 4.35. The van der Waals surface area contributed by atoms with Gasteiger partial charge in [0.15, 0.2) is 0 Å². The Kier molecular flexibility index (Phi) is 4.67. The number of hydrogen-bond donors (Lipinski definition) is 1. The minimum absolute atomic E-state index is 0.123. The van der Waals surface area contributed by atoms with Gasteiger partial charge in [0.1, 0.15) is 0 Å². The standard InChI is InChI=1S/C7H10O5/c1-2-12-7(11)5(8)3-4-6(9)10/h2-4H2,1H3,(H,9,10). The van der Waals surface area contributed by atoms with E-state index in [0.717, 1.165) is 0 Å².